The number of fused-ring (bicyclic) bond motifs is 5. The third kappa shape index (κ3) is 5.62. The molecule has 3 N–H and O–H groups in total. The molecule has 0 bridgehead atoms. The first-order chi connectivity index (χ1) is 17.6. The van der Waals surface area contributed by atoms with Gasteiger partial charge in [-0.05, 0) is 80.6 Å². The van der Waals surface area contributed by atoms with E-state index in [9.17, 15) is 14.4 Å². The van der Waals surface area contributed by atoms with Crippen molar-refractivity contribution in [3.8, 4) is 0 Å². The van der Waals surface area contributed by atoms with Crippen molar-refractivity contribution in [1.29, 1.82) is 0 Å². The molecule has 4 saturated carbocycles. The third-order valence-electron chi connectivity index (χ3n) is 10.2. The van der Waals surface area contributed by atoms with E-state index < -0.39 is 11.9 Å². The lowest BCUT2D eigenvalue weighted by Gasteiger charge is -2.61. The number of ether oxygens (including phenoxy) is 1. The molecular formula is C28H42N2O7. The number of hydrogen-bond acceptors (Lipinski definition) is 7. The van der Waals surface area contributed by atoms with E-state index in [2.05, 4.69) is 24.3 Å². The number of nitrogens with one attached hydrogen (secondary N) is 1. The van der Waals surface area contributed by atoms with Gasteiger partial charge in [-0.15, -0.1) is 0 Å². The maximum atomic E-state index is 12.7. The van der Waals surface area contributed by atoms with Gasteiger partial charge in [0.1, 0.15) is 11.9 Å². The van der Waals surface area contributed by atoms with Crippen molar-refractivity contribution in [2.24, 2.45) is 39.7 Å². The number of carbonyl (C=O) groups is 3. The molecule has 8 atom stereocenters. The molecule has 5 aliphatic rings. The van der Waals surface area contributed by atoms with E-state index >= 15 is 0 Å². The van der Waals surface area contributed by atoms with Gasteiger partial charge in [-0.2, -0.15) is 0 Å². The maximum absolute atomic E-state index is 12.7. The van der Waals surface area contributed by atoms with Crippen LogP contribution in [0.15, 0.2) is 17.3 Å². The highest BCUT2D eigenvalue weighted by Gasteiger charge is 2.62. The van der Waals surface area contributed by atoms with E-state index in [-0.39, 0.29) is 17.6 Å². The van der Waals surface area contributed by atoms with Crippen LogP contribution < -0.4 is 5.32 Å². The highest BCUT2D eigenvalue weighted by atomic mass is 16.6. The van der Waals surface area contributed by atoms with E-state index in [1.54, 1.807) is 0 Å². The first-order valence-corrected chi connectivity index (χ1v) is 13.7. The van der Waals surface area contributed by atoms with Crippen LogP contribution in [0.5, 0.6) is 0 Å². The molecule has 1 heterocycles. The number of carboxylic acid groups (broad SMARTS) is 2. The lowest BCUT2D eigenvalue weighted by molar-refractivity contribution is -0.164. The van der Waals surface area contributed by atoms with Crippen LogP contribution >= 0.6 is 0 Å². The Morgan fingerprint density at radius 1 is 1.05 bits per heavy atom. The van der Waals surface area contributed by atoms with Gasteiger partial charge in [-0.1, -0.05) is 19.0 Å². The number of methoxy groups -OCH3 is 1. The van der Waals surface area contributed by atoms with Gasteiger partial charge in [0.05, 0.1) is 11.8 Å². The molecule has 9 heteroatoms. The van der Waals surface area contributed by atoms with E-state index in [4.69, 9.17) is 19.8 Å². The molecule has 5 rings (SSSR count). The Balaban J connectivity index is 0.000000349. The van der Waals surface area contributed by atoms with Crippen LogP contribution in [0.2, 0.25) is 0 Å². The van der Waals surface area contributed by atoms with E-state index in [1.807, 2.05) is 7.11 Å². The summed E-state index contributed by atoms with van der Waals surface area (Å²) >= 11 is 0. The largest absolute Gasteiger partial charge is 0.478 e. The summed E-state index contributed by atoms with van der Waals surface area (Å²) in [5.41, 5.74) is 1.51. The second kappa shape index (κ2) is 11.2. The van der Waals surface area contributed by atoms with Crippen LogP contribution in [-0.4, -0.2) is 66.1 Å². The standard InChI is InChI=1S/C24H38N2O3.C4H4O4/c1-23-9-6-16(26-29-17-8-11-25-14-17)12-15(23)13-20(28-3)22-18-4-5-21(27)24(18,2)10-7-19(22)23;5-3(6)1-2-4(7)8/h15,17-20,22,25H,4-14H2,1-3H3;1-2H,(H,5,6)(H,7,8)/b26-16+;2-1+/t15?,17-,18+,19+,20-,22+,23+,24+;/m1./s1. The van der Waals surface area contributed by atoms with Crippen molar-refractivity contribution in [1.82, 2.24) is 5.32 Å². The van der Waals surface area contributed by atoms with Crippen molar-refractivity contribution in [3.05, 3.63) is 12.2 Å². The number of aliphatic carboxylic acids is 2. The zero-order chi connectivity index (χ0) is 26.8. The summed E-state index contributed by atoms with van der Waals surface area (Å²) in [6.07, 6.45) is 11.3. The Morgan fingerprint density at radius 3 is 2.41 bits per heavy atom. The number of Topliss-reactive ketones (excluding diaryl/α,β-unsaturated/α-hetero) is 1. The third-order valence-corrected chi connectivity index (χ3v) is 10.2. The van der Waals surface area contributed by atoms with E-state index in [0.717, 1.165) is 58.0 Å². The summed E-state index contributed by atoms with van der Waals surface area (Å²) in [6.45, 7) is 6.76. The summed E-state index contributed by atoms with van der Waals surface area (Å²) < 4.78 is 6.13. The fourth-order valence-corrected chi connectivity index (χ4v) is 8.12. The minimum absolute atomic E-state index is 0.0917. The number of carbonyl (C=O) groups excluding carboxylic acids is 1. The van der Waals surface area contributed by atoms with Crippen LogP contribution in [0.25, 0.3) is 0 Å². The molecular weight excluding hydrogens is 476 g/mol. The highest BCUT2D eigenvalue weighted by molar-refractivity contribution is 5.89. The van der Waals surface area contributed by atoms with Crippen LogP contribution in [0, 0.1) is 34.5 Å². The zero-order valence-corrected chi connectivity index (χ0v) is 22.3. The Bertz CT molecular complexity index is 927. The molecule has 1 unspecified atom stereocenters. The van der Waals surface area contributed by atoms with E-state index in [0.29, 0.717) is 47.0 Å². The predicted molar refractivity (Wildman–Crippen MR) is 137 cm³/mol. The summed E-state index contributed by atoms with van der Waals surface area (Å²) in [5.74, 6) is 0.361. The van der Waals surface area contributed by atoms with Crippen LogP contribution in [-0.2, 0) is 24.0 Å². The highest BCUT2D eigenvalue weighted by Crippen LogP contribution is 2.65. The maximum Gasteiger partial charge on any atom is 0.328 e. The van der Waals surface area contributed by atoms with Crippen molar-refractivity contribution in [3.63, 3.8) is 0 Å². The first kappa shape index (κ1) is 27.8. The number of oxime groups is 1. The van der Waals surface area contributed by atoms with Gasteiger partial charge < -0.3 is 25.1 Å². The van der Waals surface area contributed by atoms with E-state index in [1.165, 1.54) is 18.6 Å². The van der Waals surface area contributed by atoms with Gasteiger partial charge in [-0.3, -0.25) is 4.79 Å². The number of carboxylic acids is 2. The fraction of sp³-hybridized carbons (Fsp3) is 0.786. The van der Waals surface area contributed by atoms with Gasteiger partial charge in [0.2, 0.25) is 0 Å². The molecule has 1 aliphatic heterocycles. The molecule has 1 saturated heterocycles. The summed E-state index contributed by atoms with van der Waals surface area (Å²) in [7, 11) is 1.89. The normalized spacial score (nSPS) is 41.9. The number of ketones is 1. The Hall–Kier alpha value is -2.26. The minimum Gasteiger partial charge on any atom is -0.478 e. The second-order valence-electron chi connectivity index (χ2n) is 12.0. The molecule has 4 aliphatic carbocycles. The molecule has 206 valence electrons. The lowest BCUT2D eigenvalue weighted by atomic mass is 9.44. The molecule has 0 radical (unpaired) electrons. The van der Waals surface area contributed by atoms with Crippen LogP contribution in [0.3, 0.4) is 0 Å². The fourth-order valence-electron chi connectivity index (χ4n) is 8.12. The smallest absolute Gasteiger partial charge is 0.328 e. The van der Waals surface area contributed by atoms with Crippen LogP contribution in [0.4, 0.5) is 0 Å². The van der Waals surface area contributed by atoms with Gasteiger partial charge in [-0.25, -0.2) is 9.59 Å². The summed E-state index contributed by atoms with van der Waals surface area (Å²) in [6, 6.07) is 0. The molecule has 0 aromatic heterocycles. The number of hydrogen-bond donors (Lipinski definition) is 3. The predicted octanol–water partition coefficient (Wildman–Crippen LogP) is 3.67. The zero-order valence-electron chi connectivity index (χ0n) is 22.3. The van der Waals surface area contributed by atoms with Crippen LogP contribution in [0.1, 0.15) is 71.6 Å². The summed E-state index contributed by atoms with van der Waals surface area (Å²) in [5, 5.41) is 23.6. The lowest BCUT2D eigenvalue weighted by Crippen LogP contribution is -2.58. The molecule has 37 heavy (non-hydrogen) atoms. The first-order valence-electron chi connectivity index (χ1n) is 13.7. The average molecular weight is 519 g/mol. The van der Waals surface area contributed by atoms with Crippen molar-refractivity contribution in [2.45, 2.75) is 83.8 Å². The number of nitrogens with zero attached hydrogens (tertiary/aromatic N) is 1. The molecule has 9 nitrogen and oxygen atoms in total. The Labute approximate surface area is 219 Å². The molecule has 0 spiro atoms. The van der Waals surface area contributed by atoms with Crippen molar-refractivity contribution < 1.29 is 34.2 Å². The number of rotatable bonds is 5. The van der Waals surface area contributed by atoms with Gasteiger partial charge in [0.25, 0.3) is 0 Å². The SMILES string of the molecule is CO[C@@H]1CC2C/C(=N/O[C@@H]3CCNC3)CC[C@]2(C)[C@H]2CC[C@]3(C)C(=O)CC[C@H]3[C@H]12.O=C(O)/C=C/C(=O)O. The Morgan fingerprint density at radius 2 is 1.78 bits per heavy atom. The molecule has 0 aromatic rings. The quantitative estimate of drug-likeness (QED) is 0.371. The molecule has 0 aromatic carbocycles. The minimum atomic E-state index is -1.26. The van der Waals surface area contributed by atoms with Gasteiger partial charge in [0.15, 0.2) is 0 Å². The van der Waals surface area contributed by atoms with Gasteiger partial charge >= 0.3 is 11.9 Å². The van der Waals surface area contributed by atoms with Crippen molar-refractivity contribution >= 4 is 23.4 Å². The second-order valence-corrected chi connectivity index (χ2v) is 12.0. The topological polar surface area (TPSA) is 135 Å². The van der Waals surface area contributed by atoms with Crippen molar-refractivity contribution in [2.75, 3.05) is 20.2 Å². The summed E-state index contributed by atoms with van der Waals surface area (Å²) in [4.78, 5) is 37.7. The molecule has 5 fully saturated rings. The average Bonchev–Trinajstić information content (AvgIpc) is 3.49. The Kier molecular flexibility index (Phi) is 8.43. The molecule has 0 amide bonds. The monoisotopic (exact) mass is 518 g/mol. The van der Waals surface area contributed by atoms with Gasteiger partial charge in [0, 0.05) is 44.1 Å².